The Bertz CT molecular complexity index is 428. The van der Waals surface area contributed by atoms with E-state index in [1.807, 2.05) is 6.07 Å². The molecule has 0 amide bonds. The lowest BCUT2D eigenvalue weighted by Gasteiger charge is -2.10. The average Bonchev–Trinajstić information content (AvgIpc) is 2.84. The molecule has 1 heterocycles. The Morgan fingerprint density at radius 1 is 1.56 bits per heavy atom. The van der Waals surface area contributed by atoms with Crippen LogP contribution in [0.4, 0.5) is 5.69 Å². The molecule has 1 aromatic rings. The first-order chi connectivity index (χ1) is 8.66. The van der Waals surface area contributed by atoms with Crippen molar-refractivity contribution in [2.45, 2.75) is 32.4 Å². The minimum atomic E-state index is -0.334. The minimum absolute atomic E-state index is 0.186. The topological polar surface area (TPSA) is 64.4 Å². The summed E-state index contributed by atoms with van der Waals surface area (Å²) in [7, 11) is 0. The number of nitrogens with one attached hydrogen (secondary N) is 1. The van der Waals surface area contributed by atoms with Crippen molar-refractivity contribution in [2.24, 2.45) is 0 Å². The molecule has 1 atom stereocenters. The fourth-order valence-electron chi connectivity index (χ4n) is 2.14. The summed E-state index contributed by atoms with van der Waals surface area (Å²) < 4.78 is 5.50. The van der Waals surface area contributed by atoms with E-state index in [0.717, 1.165) is 31.6 Å². The monoisotopic (exact) mass is 250 g/mol. The largest absolute Gasteiger partial charge is 0.377 e. The van der Waals surface area contributed by atoms with Crippen molar-refractivity contribution >= 4 is 5.69 Å². The fraction of sp³-hybridized carbons (Fsp3) is 0.538. The lowest BCUT2D eigenvalue weighted by Crippen LogP contribution is -2.25. The van der Waals surface area contributed by atoms with Gasteiger partial charge in [0.25, 0.3) is 5.69 Å². The second kappa shape index (κ2) is 5.93. The molecule has 1 fully saturated rings. The molecular weight excluding hydrogens is 232 g/mol. The molecule has 1 aliphatic rings. The van der Waals surface area contributed by atoms with Crippen molar-refractivity contribution in [2.75, 3.05) is 13.2 Å². The third kappa shape index (κ3) is 3.27. The standard InChI is InChI=1S/C13H18N2O3/c1-10-4-5-11(7-13(10)15(16)17)8-14-9-12-3-2-6-18-12/h4-5,7,12,14H,2-3,6,8-9H2,1H3. The van der Waals surface area contributed by atoms with Crippen molar-refractivity contribution in [3.8, 4) is 0 Å². The van der Waals surface area contributed by atoms with Crippen LogP contribution in [0.25, 0.3) is 0 Å². The number of ether oxygens (including phenoxy) is 1. The molecule has 1 saturated heterocycles. The van der Waals surface area contributed by atoms with Gasteiger partial charge in [0.15, 0.2) is 0 Å². The number of aryl methyl sites for hydroxylation is 1. The Morgan fingerprint density at radius 2 is 2.39 bits per heavy atom. The van der Waals surface area contributed by atoms with Crippen LogP contribution >= 0.6 is 0 Å². The Balaban J connectivity index is 1.88. The molecule has 0 radical (unpaired) electrons. The van der Waals surface area contributed by atoms with Gasteiger partial charge < -0.3 is 10.1 Å². The molecule has 2 rings (SSSR count). The second-order valence-electron chi connectivity index (χ2n) is 4.64. The molecule has 1 aromatic carbocycles. The maximum absolute atomic E-state index is 10.8. The SMILES string of the molecule is Cc1ccc(CNCC2CCCO2)cc1[N+](=O)[O-]. The lowest BCUT2D eigenvalue weighted by molar-refractivity contribution is -0.385. The normalized spacial score (nSPS) is 19.1. The number of hydrogen-bond donors (Lipinski definition) is 1. The summed E-state index contributed by atoms with van der Waals surface area (Å²) >= 11 is 0. The van der Waals surface area contributed by atoms with Gasteiger partial charge in [0, 0.05) is 31.3 Å². The molecule has 18 heavy (non-hydrogen) atoms. The van der Waals surface area contributed by atoms with Crippen LogP contribution in [0.3, 0.4) is 0 Å². The summed E-state index contributed by atoms with van der Waals surface area (Å²) in [5.74, 6) is 0. The molecular formula is C13H18N2O3. The van der Waals surface area contributed by atoms with E-state index in [2.05, 4.69) is 5.32 Å². The minimum Gasteiger partial charge on any atom is -0.377 e. The van der Waals surface area contributed by atoms with E-state index in [1.165, 1.54) is 0 Å². The predicted octanol–water partition coefficient (Wildman–Crippen LogP) is 2.17. The van der Waals surface area contributed by atoms with E-state index in [1.54, 1.807) is 19.1 Å². The number of benzene rings is 1. The fourth-order valence-corrected chi connectivity index (χ4v) is 2.14. The highest BCUT2D eigenvalue weighted by molar-refractivity contribution is 5.42. The summed E-state index contributed by atoms with van der Waals surface area (Å²) in [6, 6.07) is 5.35. The van der Waals surface area contributed by atoms with Crippen LogP contribution in [-0.4, -0.2) is 24.2 Å². The number of nitro groups is 1. The Hall–Kier alpha value is -1.46. The highest BCUT2D eigenvalue weighted by Gasteiger charge is 2.15. The summed E-state index contributed by atoms with van der Waals surface area (Å²) in [5, 5.41) is 14.1. The molecule has 1 unspecified atom stereocenters. The van der Waals surface area contributed by atoms with Crippen LogP contribution in [0.1, 0.15) is 24.0 Å². The Morgan fingerprint density at radius 3 is 3.06 bits per heavy atom. The van der Waals surface area contributed by atoms with Crippen molar-refractivity contribution in [3.63, 3.8) is 0 Å². The molecule has 0 bridgehead atoms. The van der Waals surface area contributed by atoms with Crippen LogP contribution in [0, 0.1) is 17.0 Å². The first-order valence-electron chi connectivity index (χ1n) is 6.23. The highest BCUT2D eigenvalue weighted by Crippen LogP contribution is 2.19. The number of nitro benzene ring substituents is 1. The van der Waals surface area contributed by atoms with Gasteiger partial charge in [-0.2, -0.15) is 0 Å². The van der Waals surface area contributed by atoms with Crippen LogP contribution in [0.15, 0.2) is 18.2 Å². The van der Waals surface area contributed by atoms with Gasteiger partial charge in [0.2, 0.25) is 0 Å². The van der Waals surface area contributed by atoms with Crippen molar-refractivity contribution in [3.05, 3.63) is 39.4 Å². The van der Waals surface area contributed by atoms with E-state index in [9.17, 15) is 10.1 Å². The molecule has 1 N–H and O–H groups in total. The van der Waals surface area contributed by atoms with Crippen LogP contribution in [-0.2, 0) is 11.3 Å². The number of rotatable bonds is 5. The third-order valence-electron chi connectivity index (χ3n) is 3.20. The van der Waals surface area contributed by atoms with Gasteiger partial charge in [-0.3, -0.25) is 10.1 Å². The summed E-state index contributed by atoms with van der Waals surface area (Å²) in [6.07, 6.45) is 2.52. The van der Waals surface area contributed by atoms with E-state index in [-0.39, 0.29) is 10.6 Å². The predicted molar refractivity (Wildman–Crippen MR) is 68.5 cm³/mol. The number of nitrogens with zero attached hydrogens (tertiary/aromatic N) is 1. The van der Waals surface area contributed by atoms with Gasteiger partial charge in [-0.05, 0) is 25.3 Å². The van der Waals surface area contributed by atoms with Crippen LogP contribution in [0.5, 0.6) is 0 Å². The van der Waals surface area contributed by atoms with E-state index in [0.29, 0.717) is 18.2 Å². The highest BCUT2D eigenvalue weighted by atomic mass is 16.6. The van der Waals surface area contributed by atoms with Crippen LogP contribution < -0.4 is 5.32 Å². The zero-order valence-corrected chi connectivity index (χ0v) is 10.5. The van der Waals surface area contributed by atoms with Gasteiger partial charge in [0.1, 0.15) is 0 Å². The zero-order chi connectivity index (χ0) is 13.0. The van der Waals surface area contributed by atoms with E-state index >= 15 is 0 Å². The molecule has 98 valence electrons. The molecule has 5 heteroatoms. The molecule has 1 aliphatic heterocycles. The summed E-state index contributed by atoms with van der Waals surface area (Å²) in [6.45, 7) is 4.05. The first-order valence-corrected chi connectivity index (χ1v) is 6.23. The van der Waals surface area contributed by atoms with Crippen molar-refractivity contribution in [1.82, 2.24) is 5.32 Å². The van der Waals surface area contributed by atoms with Crippen molar-refractivity contribution < 1.29 is 9.66 Å². The summed E-state index contributed by atoms with van der Waals surface area (Å²) in [4.78, 5) is 10.5. The Labute approximate surface area is 106 Å². The molecule has 5 nitrogen and oxygen atoms in total. The summed E-state index contributed by atoms with van der Waals surface area (Å²) in [5.41, 5.74) is 1.82. The second-order valence-corrected chi connectivity index (χ2v) is 4.64. The number of hydrogen-bond acceptors (Lipinski definition) is 4. The van der Waals surface area contributed by atoms with Gasteiger partial charge in [-0.25, -0.2) is 0 Å². The lowest BCUT2D eigenvalue weighted by atomic mass is 10.1. The molecule has 0 spiro atoms. The zero-order valence-electron chi connectivity index (χ0n) is 10.5. The third-order valence-corrected chi connectivity index (χ3v) is 3.20. The van der Waals surface area contributed by atoms with E-state index < -0.39 is 0 Å². The Kier molecular flexibility index (Phi) is 4.28. The van der Waals surface area contributed by atoms with Crippen LogP contribution in [0.2, 0.25) is 0 Å². The van der Waals surface area contributed by atoms with Gasteiger partial charge in [-0.15, -0.1) is 0 Å². The molecule has 0 saturated carbocycles. The van der Waals surface area contributed by atoms with E-state index in [4.69, 9.17) is 4.74 Å². The molecule has 0 aliphatic carbocycles. The van der Waals surface area contributed by atoms with Gasteiger partial charge in [0.05, 0.1) is 11.0 Å². The van der Waals surface area contributed by atoms with Gasteiger partial charge >= 0.3 is 0 Å². The maximum atomic E-state index is 10.8. The van der Waals surface area contributed by atoms with Gasteiger partial charge in [-0.1, -0.05) is 12.1 Å². The molecule has 0 aromatic heterocycles. The quantitative estimate of drug-likeness (QED) is 0.642. The average molecular weight is 250 g/mol. The maximum Gasteiger partial charge on any atom is 0.272 e. The first kappa shape index (κ1) is 13.0. The smallest absolute Gasteiger partial charge is 0.272 e. The van der Waals surface area contributed by atoms with Crippen molar-refractivity contribution in [1.29, 1.82) is 0 Å².